The van der Waals surface area contributed by atoms with Crippen LogP contribution >= 0.6 is 11.6 Å². The highest BCUT2D eigenvalue weighted by molar-refractivity contribution is 7.89. The lowest BCUT2D eigenvalue weighted by Gasteiger charge is -2.35. The number of piperidine rings is 1. The summed E-state index contributed by atoms with van der Waals surface area (Å²) in [7, 11) is -3.67. The van der Waals surface area contributed by atoms with E-state index in [0.717, 1.165) is 18.4 Å². The lowest BCUT2D eigenvalue weighted by atomic mass is 9.96. The van der Waals surface area contributed by atoms with Gasteiger partial charge in [0, 0.05) is 30.7 Å². The summed E-state index contributed by atoms with van der Waals surface area (Å²) in [5, 5.41) is 0.476. The van der Waals surface area contributed by atoms with Crippen molar-refractivity contribution in [1.29, 1.82) is 0 Å². The smallest absolute Gasteiger partial charge is 0.243 e. The first-order valence-electron chi connectivity index (χ1n) is 10.7. The third kappa shape index (κ3) is 4.94. The fraction of sp³-hybridized carbons (Fsp3) is 0.435. The minimum Gasteiger partial charge on any atom is -0.339 e. The molecule has 2 aromatic carbocycles. The number of benzene rings is 2. The summed E-state index contributed by atoms with van der Waals surface area (Å²) < 4.78 is 41.1. The molecule has 0 aromatic heterocycles. The zero-order valence-corrected chi connectivity index (χ0v) is 18.8. The van der Waals surface area contributed by atoms with E-state index < -0.39 is 10.0 Å². The average molecular weight is 465 g/mol. The molecule has 0 aliphatic carbocycles. The minimum absolute atomic E-state index is 0.00918. The maximum atomic E-state index is 13.6. The van der Waals surface area contributed by atoms with E-state index in [2.05, 4.69) is 0 Å². The Hall–Kier alpha value is -1.96. The van der Waals surface area contributed by atoms with Crippen LogP contribution in [0.2, 0.25) is 5.02 Å². The zero-order chi connectivity index (χ0) is 22.0. The quantitative estimate of drug-likeness (QED) is 0.669. The molecule has 2 heterocycles. The molecule has 2 fully saturated rings. The Morgan fingerprint density at radius 1 is 1.06 bits per heavy atom. The molecule has 2 aliphatic rings. The molecule has 5 nitrogen and oxygen atoms in total. The van der Waals surface area contributed by atoms with Gasteiger partial charge in [0.05, 0.1) is 10.8 Å². The second-order valence-electron chi connectivity index (χ2n) is 8.32. The van der Waals surface area contributed by atoms with E-state index in [4.69, 9.17) is 11.6 Å². The predicted molar refractivity (Wildman–Crippen MR) is 118 cm³/mol. The van der Waals surface area contributed by atoms with Crippen molar-refractivity contribution in [2.24, 2.45) is 5.92 Å². The lowest BCUT2D eigenvalue weighted by Crippen LogP contribution is -2.48. The summed E-state index contributed by atoms with van der Waals surface area (Å²) in [6.07, 6.45) is 3.72. The van der Waals surface area contributed by atoms with E-state index in [1.807, 2.05) is 11.0 Å². The first-order valence-corrected chi connectivity index (χ1v) is 12.5. The van der Waals surface area contributed by atoms with Crippen molar-refractivity contribution in [1.82, 2.24) is 9.21 Å². The molecule has 31 heavy (non-hydrogen) atoms. The van der Waals surface area contributed by atoms with E-state index in [1.165, 1.54) is 28.6 Å². The number of amides is 1. The van der Waals surface area contributed by atoms with E-state index in [0.29, 0.717) is 37.4 Å². The average Bonchev–Trinajstić information content (AvgIpc) is 3.21. The summed E-state index contributed by atoms with van der Waals surface area (Å²) in [6, 6.07) is 12.6. The molecule has 2 unspecified atom stereocenters. The van der Waals surface area contributed by atoms with Crippen LogP contribution in [0, 0.1) is 11.7 Å². The second-order valence-corrected chi connectivity index (χ2v) is 10.7. The summed E-state index contributed by atoms with van der Waals surface area (Å²) in [4.78, 5) is 15.4. The van der Waals surface area contributed by atoms with E-state index in [-0.39, 0.29) is 35.1 Å². The third-order valence-corrected chi connectivity index (χ3v) is 8.34. The van der Waals surface area contributed by atoms with Gasteiger partial charge in [-0.25, -0.2) is 12.8 Å². The molecule has 1 amide bonds. The van der Waals surface area contributed by atoms with Gasteiger partial charge in [-0.15, -0.1) is 0 Å². The molecular weight excluding hydrogens is 439 g/mol. The number of nitrogens with zero attached hydrogens (tertiary/aromatic N) is 2. The number of halogens is 2. The fourth-order valence-electron chi connectivity index (χ4n) is 4.63. The second kappa shape index (κ2) is 9.27. The van der Waals surface area contributed by atoms with Gasteiger partial charge in [-0.2, -0.15) is 4.31 Å². The van der Waals surface area contributed by atoms with Crippen molar-refractivity contribution in [3.63, 3.8) is 0 Å². The highest BCUT2D eigenvalue weighted by Crippen LogP contribution is 2.29. The van der Waals surface area contributed by atoms with Gasteiger partial charge in [0.25, 0.3) is 0 Å². The molecule has 166 valence electrons. The number of likely N-dealkylation sites (tertiary alicyclic amines) is 1. The summed E-state index contributed by atoms with van der Waals surface area (Å²) in [5.41, 5.74) is 0.875. The van der Waals surface area contributed by atoms with E-state index >= 15 is 0 Å². The van der Waals surface area contributed by atoms with E-state index in [1.54, 1.807) is 18.2 Å². The maximum absolute atomic E-state index is 13.6. The summed E-state index contributed by atoms with van der Waals surface area (Å²) >= 11 is 5.89. The van der Waals surface area contributed by atoms with Crippen LogP contribution in [0.25, 0.3) is 0 Å². The van der Waals surface area contributed by atoms with Crippen molar-refractivity contribution >= 4 is 27.5 Å². The third-order valence-electron chi connectivity index (χ3n) is 6.21. The minimum atomic E-state index is -3.67. The van der Waals surface area contributed by atoms with Crippen LogP contribution in [0.15, 0.2) is 53.4 Å². The number of sulfonamides is 1. The topological polar surface area (TPSA) is 57.7 Å². The van der Waals surface area contributed by atoms with Crippen LogP contribution in [0.3, 0.4) is 0 Å². The van der Waals surface area contributed by atoms with Gasteiger partial charge >= 0.3 is 0 Å². The van der Waals surface area contributed by atoms with Crippen LogP contribution in [0.4, 0.5) is 4.39 Å². The van der Waals surface area contributed by atoms with Crippen LogP contribution in [-0.2, 0) is 21.2 Å². The van der Waals surface area contributed by atoms with Gasteiger partial charge in [0.15, 0.2) is 0 Å². The van der Waals surface area contributed by atoms with Gasteiger partial charge in [0.2, 0.25) is 15.9 Å². The normalized spacial score (nSPS) is 22.6. The van der Waals surface area contributed by atoms with Crippen molar-refractivity contribution in [2.75, 3.05) is 19.6 Å². The maximum Gasteiger partial charge on any atom is 0.243 e. The van der Waals surface area contributed by atoms with Gasteiger partial charge < -0.3 is 4.90 Å². The molecule has 2 aromatic rings. The molecule has 0 saturated carbocycles. The van der Waals surface area contributed by atoms with Crippen LogP contribution in [0.1, 0.15) is 31.2 Å². The van der Waals surface area contributed by atoms with Crippen molar-refractivity contribution < 1.29 is 17.6 Å². The summed E-state index contributed by atoms with van der Waals surface area (Å²) in [5.74, 6) is -0.623. The highest BCUT2D eigenvalue weighted by atomic mass is 35.5. The van der Waals surface area contributed by atoms with Gasteiger partial charge in [0.1, 0.15) is 5.82 Å². The number of hydrogen-bond acceptors (Lipinski definition) is 3. The standard InChI is InChI=1S/C23H26ClFN2O3S/c24-19-8-10-22(11-9-19)31(29,30)26-12-2-5-18(16-26)23(28)27-13-3-7-21(27)15-17-4-1-6-20(25)14-17/h1,4,6,8-11,14,18,21H,2-3,5,7,12-13,15-16H2. The molecule has 8 heteroatoms. The van der Waals surface area contributed by atoms with Crippen molar-refractivity contribution in [3.8, 4) is 0 Å². The number of hydrogen-bond donors (Lipinski definition) is 0. The molecule has 0 bridgehead atoms. The van der Waals surface area contributed by atoms with Gasteiger partial charge in [-0.3, -0.25) is 4.79 Å². The zero-order valence-electron chi connectivity index (χ0n) is 17.2. The monoisotopic (exact) mass is 464 g/mol. The van der Waals surface area contributed by atoms with Crippen LogP contribution in [-0.4, -0.2) is 49.2 Å². The highest BCUT2D eigenvalue weighted by Gasteiger charge is 2.38. The lowest BCUT2D eigenvalue weighted by molar-refractivity contribution is -0.137. The Balaban J connectivity index is 1.46. The number of carbonyl (C=O) groups is 1. The van der Waals surface area contributed by atoms with Crippen molar-refractivity contribution in [2.45, 2.75) is 43.0 Å². The molecule has 0 radical (unpaired) electrons. The summed E-state index contributed by atoms with van der Waals surface area (Å²) in [6.45, 7) is 1.26. The molecule has 2 saturated heterocycles. The Kier molecular flexibility index (Phi) is 6.65. The first kappa shape index (κ1) is 22.2. The van der Waals surface area contributed by atoms with Gasteiger partial charge in [-0.1, -0.05) is 23.7 Å². The molecular formula is C23H26ClFN2O3S. The number of rotatable bonds is 5. The molecule has 2 aliphatic heterocycles. The van der Waals surface area contributed by atoms with Crippen LogP contribution < -0.4 is 0 Å². The number of carbonyl (C=O) groups excluding carboxylic acids is 1. The first-order chi connectivity index (χ1) is 14.8. The van der Waals surface area contributed by atoms with Crippen LogP contribution in [0.5, 0.6) is 0 Å². The SMILES string of the molecule is O=C(C1CCCN(S(=O)(=O)c2ccc(Cl)cc2)C1)N1CCCC1Cc1cccc(F)c1. The fourth-order valence-corrected chi connectivity index (χ4v) is 6.28. The largest absolute Gasteiger partial charge is 0.339 e. The van der Waals surface area contributed by atoms with Crippen molar-refractivity contribution in [3.05, 3.63) is 64.9 Å². The molecule has 4 rings (SSSR count). The molecule has 0 spiro atoms. The van der Waals surface area contributed by atoms with E-state index in [9.17, 15) is 17.6 Å². The Morgan fingerprint density at radius 3 is 2.55 bits per heavy atom. The van der Waals surface area contributed by atoms with Gasteiger partial charge in [-0.05, 0) is 74.1 Å². The molecule has 2 atom stereocenters. The Morgan fingerprint density at radius 2 is 1.81 bits per heavy atom. The molecule has 0 N–H and O–H groups in total. The Labute approximate surface area is 187 Å². The predicted octanol–water partition coefficient (Wildman–Crippen LogP) is 4.11. The Bertz CT molecular complexity index is 1050.